The first-order chi connectivity index (χ1) is 13.0. The molecule has 1 aromatic carbocycles. The van der Waals surface area contributed by atoms with Gasteiger partial charge >= 0.3 is 0 Å². The topological polar surface area (TPSA) is 84.0 Å². The van der Waals surface area contributed by atoms with Crippen LogP contribution in [0.15, 0.2) is 23.6 Å². The average molecular weight is 390 g/mol. The van der Waals surface area contributed by atoms with E-state index in [-0.39, 0.29) is 11.8 Å². The number of carbonyl (C=O) groups is 2. The fraction of sp³-hybridized carbons (Fsp3) is 0.389. The van der Waals surface area contributed by atoms with Crippen molar-refractivity contribution in [1.29, 1.82) is 0 Å². The smallest absolute Gasteiger partial charge is 0.273 e. The molecule has 0 atom stereocenters. The van der Waals surface area contributed by atoms with E-state index >= 15 is 0 Å². The summed E-state index contributed by atoms with van der Waals surface area (Å²) in [4.78, 5) is 33.2. The minimum atomic E-state index is -0.330. The van der Waals surface area contributed by atoms with Gasteiger partial charge in [-0.05, 0) is 25.2 Å². The molecule has 1 aliphatic rings. The monoisotopic (exact) mass is 390 g/mol. The third kappa shape index (κ3) is 4.37. The highest BCUT2D eigenvalue weighted by atomic mass is 32.1. The molecule has 2 heterocycles. The Morgan fingerprint density at radius 1 is 1.11 bits per heavy atom. The standard InChI is InChI=1S/C18H22N4O4S/c1-21-6-8-22(9-7-21)17(24)13-11-27-18(19-13)20-16(23)12-4-5-14(25-2)15(10-12)26-3/h4-5,10-11H,6-9H2,1-3H3,(H,19,20,23). The summed E-state index contributed by atoms with van der Waals surface area (Å²) in [5, 5.41) is 4.78. The van der Waals surface area contributed by atoms with Gasteiger partial charge in [-0.2, -0.15) is 0 Å². The van der Waals surface area contributed by atoms with E-state index in [1.54, 1.807) is 28.5 Å². The van der Waals surface area contributed by atoms with Crippen molar-refractivity contribution in [3.8, 4) is 11.5 Å². The molecule has 2 aromatic rings. The van der Waals surface area contributed by atoms with Crippen molar-refractivity contribution >= 4 is 28.3 Å². The van der Waals surface area contributed by atoms with Crippen LogP contribution in [0, 0.1) is 0 Å². The Balaban J connectivity index is 1.66. The molecular formula is C18H22N4O4S. The van der Waals surface area contributed by atoms with E-state index in [1.165, 1.54) is 25.6 Å². The van der Waals surface area contributed by atoms with E-state index in [4.69, 9.17) is 9.47 Å². The Labute approximate surface area is 161 Å². The molecule has 1 fully saturated rings. The summed E-state index contributed by atoms with van der Waals surface area (Å²) in [6, 6.07) is 4.90. The maximum atomic E-state index is 12.5. The molecule has 144 valence electrons. The van der Waals surface area contributed by atoms with Crippen molar-refractivity contribution in [2.75, 3.05) is 52.8 Å². The van der Waals surface area contributed by atoms with Crippen LogP contribution in [0.3, 0.4) is 0 Å². The number of methoxy groups -OCH3 is 2. The SMILES string of the molecule is COc1ccc(C(=O)Nc2nc(C(=O)N3CCN(C)CC3)cs2)cc1OC. The molecule has 9 heteroatoms. The van der Waals surface area contributed by atoms with Crippen LogP contribution in [-0.4, -0.2) is 74.0 Å². The average Bonchev–Trinajstić information content (AvgIpc) is 3.15. The van der Waals surface area contributed by atoms with Crippen molar-refractivity contribution in [1.82, 2.24) is 14.8 Å². The lowest BCUT2D eigenvalue weighted by Crippen LogP contribution is -2.47. The number of hydrogen-bond donors (Lipinski definition) is 1. The molecule has 0 radical (unpaired) electrons. The predicted molar refractivity (Wildman–Crippen MR) is 103 cm³/mol. The quantitative estimate of drug-likeness (QED) is 0.838. The number of aromatic nitrogens is 1. The summed E-state index contributed by atoms with van der Waals surface area (Å²) in [6.07, 6.45) is 0. The maximum Gasteiger partial charge on any atom is 0.273 e. The lowest BCUT2D eigenvalue weighted by Gasteiger charge is -2.31. The summed E-state index contributed by atoms with van der Waals surface area (Å²) in [6.45, 7) is 3.05. The number of ether oxygens (including phenoxy) is 2. The summed E-state index contributed by atoms with van der Waals surface area (Å²) in [7, 11) is 5.08. The van der Waals surface area contributed by atoms with Crippen LogP contribution in [0.1, 0.15) is 20.8 Å². The first-order valence-corrected chi connectivity index (χ1v) is 9.36. The molecule has 0 spiro atoms. The Morgan fingerprint density at radius 3 is 2.48 bits per heavy atom. The maximum absolute atomic E-state index is 12.5. The Kier molecular flexibility index (Phi) is 5.92. The molecule has 27 heavy (non-hydrogen) atoms. The first-order valence-electron chi connectivity index (χ1n) is 8.48. The molecule has 2 amide bonds. The highest BCUT2D eigenvalue weighted by Gasteiger charge is 2.23. The second kappa shape index (κ2) is 8.36. The fourth-order valence-corrected chi connectivity index (χ4v) is 3.43. The molecule has 0 bridgehead atoms. The highest BCUT2D eigenvalue weighted by molar-refractivity contribution is 7.14. The van der Waals surface area contributed by atoms with Gasteiger partial charge in [0.15, 0.2) is 16.6 Å². The van der Waals surface area contributed by atoms with Crippen molar-refractivity contribution in [2.45, 2.75) is 0 Å². The number of thiazole rings is 1. The number of rotatable bonds is 5. The van der Waals surface area contributed by atoms with E-state index in [9.17, 15) is 9.59 Å². The van der Waals surface area contributed by atoms with Crippen LogP contribution in [0.2, 0.25) is 0 Å². The molecule has 3 rings (SSSR count). The van der Waals surface area contributed by atoms with Crippen molar-refractivity contribution < 1.29 is 19.1 Å². The minimum Gasteiger partial charge on any atom is -0.493 e. The predicted octanol–water partition coefficient (Wildman–Crippen LogP) is 1.80. The zero-order valence-corrected chi connectivity index (χ0v) is 16.3. The number of piperazine rings is 1. The van der Waals surface area contributed by atoms with Gasteiger partial charge in [0, 0.05) is 37.1 Å². The number of likely N-dealkylation sites (N-methyl/N-ethyl adjacent to an activating group) is 1. The number of nitrogens with zero attached hydrogens (tertiary/aromatic N) is 3. The Hall–Kier alpha value is -2.65. The Bertz CT molecular complexity index is 831. The van der Waals surface area contributed by atoms with E-state index in [0.29, 0.717) is 41.0 Å². The Morgan fingerprint density at radius 2 is 1.81 bits per heavy atom. The fourth-order valence-electron chi connectivity index (χ4n) is 2.75. The van der Waals surface area contributed by atoms with E-state index in [2.05, 4.69) is 15.2 Å². The number of nitrogens with one attached hydrogen (secondary N) is 1. The van der Waals surface area contributed by atoms with Gasteiger partial charge in [0.1, 0.15) is 5.69 Å². The lowest BCUT2D eigenvalue weighted by atomic mass is 10.2. The van der Waals surface area contributed by atoms with Crippen LogP contribution in [-0.2, 0) is 0 Å². The van der Waals surface area contributed by atoms with Crippen LogP contribution >= 0.6 is 11.3 Å². The molecule has 0 aliphatic carbocycles. The summed E-state index contributed by atoms with van der Waals surface area (Å²) in [5.41, 5.74) is 0.766. The molecule has 0 saturated carbocycles. The van der Waals surface area contributed by atoms with Gasteiger partial charge in [-0.3, -0.25) is 14.9 Å². The van der Waals surface area contributed by atoms with Crippen molar-refractivity contribution in [3.05, 3.63) is 34.8 Å². The van der Waals surface area contributed by atoms with Crippen LogP contribution in [0.25, 0.3) is 0 Å². The molecule has 1 aliphatic heterocycles. The number of amides is 2. The zero-order valence-electron chi connectivity index (χ0n) is 15.5. The molecule has 1 N–H and O–H groups in total. The van der Waals surface area contributed by atoms with E-state index in [1.807, 2.05) is 7.05 Å². The van der Waals surface area contributed by atoms with E-state index in [0.717, 1.165) is 13.1 Å². The molecular weight excluding hydrogens is 368 g/mol. The van der Waals surface area contributed by atoms with Gasteiger partial charge in [0.05, 0.1) is 14.2 Å². The number of hydrogen-bond acceptors (Lipinski definition) is 7. The van der Waals surface area contributed by atoms with Gasteiger partial charge in [0.2, 0.25) is 0 Å². The van der Waals surface area contributed by atoms with Crippen molar-refractivity contribution in [3.63, 3.8) is 0 Å². The third-order valence-electron chi connectivity index (χ3n) is 4.38. The van der Waals surface area contributed by atoms with Gasteiger partial charge < -0.3 is 19.3 Å². The zero-order chi connectivity index (χ0) is 19.4. The number of anilines is 1. The minimum absolute atomic E-state index is 0.106. The largest absolute Gasteiger partial charge is 0.493 e. The first kappa shape index (κ1) is 19.1. The van der Waals surface area contributed by atoms with Crippen LogP contribution < -0.4 is 14.8 Å². The van der Waals surface area contributed by atoms with Gasteiger partial charge in [-0.15, -0.1) is 11.3 Å². The second-order valence-electron chi connectivity index (χ2n) is 6.16. The van der Waals surface area contributed by atoms with Gasteiger partial charge in [-0.1, -0.05) is 0 Å². The third-order valence-corrected chi connectivity index (χ3v) is 5.14. The molecule has 8 nitrogen and oxygen atoms in total. The second-order valence-corrected chi connectivity index (χ2v) is 7.02. The van der Waals surface area contributed by atoms with Gasteiger partial charge in [-0.25, -0.2) is 4.98 Å². The lowest BCUT2D eigenvalue weighted by molar-refractivity contribution is 0.0659. The molecule has 0 unspecified atom stereocenters. The van der Waals surface area contributed by atoms with Crippen LogP contribution in [0.4, 0.5) is 5.13 Å². The number of benzene rings is 1. The normalized spacial score (nSPS) is 14.7. The molecule has 1 saturated heterocycles. The van der Waals surface area contributed by atoms with E-state index < -0.39 is 0 Å². The summed E-state index contributed by atoms with van der Waals surface area (Å²) in [5.74, 6) is 0.577. The van der Waals surface area contributed by atoms with Gasteiger partial charge in [0.25, 0.3) is 11.8 Å². The molecule has 1 aromatic heterocycles. The summed E-state index contributed by atoms with van der Waals surface area (Å²) >= 11 is 1.23. The van der Waals surface area contributed by atoms with Crippen molar-refractivity contribution in [2.24, 2.45) is 0 Å². The summed E-state index contributed by atoms with van der Waals surface area (Å²) < 4.78 is 10.4. The number of carbonyl (C=O) groups excluding carboxylic acids is 2. The van der Waals surface area contributed by atoms with Crippen LogP contribution in [0.5, 0.6) is 11.5 Å². The highest BCUT2D eigenvalue weighted by Crippen LogP contribution is 2.28.